The van der Waals surface area contributed by atoms with Crippen molar-refractivity contribution in [3.8, 4) is 5.75 Å². The van der Waals surface area contributed by atoms with Gasteiger partial charge in [0.25, 0.3) is 0 Å². The van der Waals surface area contributed by atoms with Crippen LogP contribution in [0.15, 0.2) is 67.3 Å². The van der Waals surface area contributed by atoms with Crippen LogP contribution in [-0.4, -0.2) is 65.3 Å². The first-order valence-corrected chi connectivity index (χ1v) is 12.8. The van der Waals surface area contributed by atoms with Crippen molar-refractivity contribution in [1.29, 1.82) is 0 Å². The van der Waals surface area contributed by atoms with E-state index in [-0.39, 0.29) is 24.1 Å². The number of aromatic nitrogens is 4. The molecule has 0 saturated heterocycles. The lowest BCUT2D eigenvalue weighted by Gasteiger charge is -2.22. The number of carboxylic acids is 1. The quantitative estimate of drug-likeness (QED) is 0.174. The minimum atomic E-state index is -1.50. The van der Waals surface area contributed by atoms with Crippen molar-refractivity contribution < 1.29 is 34.4 Å². The molecule has 5 N–H and O–H groups in total. The highest BCUT2D eigenvalue weighted by atomic mass is 16.5. The maximum Gasteiger partial charge on any atom is 0.335 e. The monoisotopic (exact) mass is 566 g/mol. The second-order valence-corrected chi connectivity index (χ2v) is 9.39. The number of hydrogen-bond donors (Lipinski definition) is 5. The first kappa shape index (κ1) is 30.9. The van der Waals surface area contributed by atoms with Gasteiger partial charge in [0.1, 0.15) is 24.9 Å². The van der Waals surface area contributed by atoms with Gasteiger partial charge in [0.2, 0.25) is 0 Å². The summed E-state index contributed by atoms with van der Waals surface area (Å²) >= 11 is 0. The highest BCUT2D eigenvalue weighted by molar-refractivity contribution is 6.02. The smallest absolute Gasteiger partial charge is 0.335 e. The van der Waals surface area contributed by atoms with Crippen LogP contribution in [0.1, 0.15) is 50.7 Å². The fraction of sp³-hybridized carbons (Fsp3) is 0.321. The second kappa shape index (κ2) is 14.2. The molecule has 2 atom stereocenters. The number of rotatable bonds is 10. The maximum atomic E-state index is 12.4. The molecule has 4 aromatic rings. The Kier molecular flexibility index (Phi) is 10.7. The molecule has 2 aromatic carbocycles. The molecule has 2 amide bonds. The van der Waals surface area contributed by atoms with E-state index in [0.29, 0.717) is 29.0 Å². The number of anilines is 2. The summed E-state index contributed by atoms with van der Waals surface area (Å²) < 4.78 is 13.7. The molecule has 2 heterocycles. The van der Waals surface area contributed by atoms with Crippen molar-refractivity contribution in [2.24, 2.45) is 0 Å². The van der Waals surface area contributed by atoms with Crippen LogP contribution in [0.25, 0.3) is 11.2 Å². The molecule has 2 aromatic heterocycles. The number of carboxylic acid groups (broad SMARTS) is 1. The van der Waals surface area contributed by atoms with Crippen molar-refractivity contribution in [2.45, 2.75) is 52.2 Å². The van der Waals surface area contributed by atoms with E-state index in [2.05, 4.69) is 25.6 Å². The number of nitrogens with one attached hydrogen (secondary N) is 2. The van der Waals surface area contributed by atoms with Gasteiger partial charge in [0.05, 0.1) is 18.0 Å². The van der Waals surface area contributed by atoms with Gasteiger partial charge in [0.15, 0.2) is 22.8 Å². The molecule has 0 radical (unpaired) electrons. The molecular weight excluding hydrogens is 532 g/mol. The first-order chi connectivity index (χ1) is 19.4. The summed E-state index contributed by atoms with van der Waals surface area (Å²) in [5.41, 5.74) is 1.78. The Morgan fingerprint density at radius 2 is 1.66 bits per heavy atom. The van der Waals surface area contributed by atoms with Crippen LogP contribution >= 0.6 is 0 Å². The van der Waals surface area contributed by atoms with E-state index in [1.54, 1.807) is 35.2 Å². The van der Waals surface area contributed by atoms with Gasteiger partial charge >= 0.3 is 12.0 Å². The van der Waals surface area contributed by atoms with Crippen molar-refractivity contribution in [2.75, 3.05) is 17.2 Å². The topological polar surface area (TPSA) is 181 Å². The average molecular weight is 567 g/mol. The van der Waals surface area contributed by atoms with Gasteiger partial charge in [-0.05, 0) is 63.6 Å². The largest absolute Gasteiger partial charge is 0.491 e. The molecule has 0 fully saturated rings. The molecule has 2 unspecified atom stereocenters. The third kappa shape index (κ3) is 9.83. The Morgan fingerprint density at radius 3 is 2.27 bits per heavy atom. The number of benzene rings is 2. The van der Waals surface area contributed by atoms with E-state index in [4.69, 9.17) is 24.8 Å². The Labute approximate surface area is 236 Å². The van der Waals surface area contributed by atoms with Gasteiger partial charge in [-0.2, -0.15) is 0 Å². The zero-order valence-electron chi connectivity index (χ0n) is 23.2. The number of hydrogen-bond acceptors (Lipinski definition) is 9. The zero-order valence-corrected chi connectivity index (χ0v) is 23.2. The Hall–Kier alpha value is -4.59. The molecule has 0 aliphatic rings. The summed E-state index contributed by atoms with van der Waals surface area (Å²) in [6, 6.07) is 14.8. The molecule has 0 spiro atoms. The van der Waals surface area contributed by atoms with Crippen LogP contribution in [0.3, 0.4) is 0 Å². The van der Waals surface area contributed by atoms with Crippen molar-refractivity contribution in [3.05, 3.63) is 72.8 Å². The Balaban J connectivity index is 0.000000850. The fourth-order valence-corrected chi connectivity index (χ4v) is 3.48. The standard InChI is InChI=1S/C25H26N6O5.C3H8O2/c1-3-19(13-35-20-11-9-17(10-12-20)24(32)33)36-16(2)31-15-28-21-22(26-14-27-23(21)31)30-25(34)29-18-7-5-4-6-8-18;1-3(2,4)5/h4-12,14-16,19H,3,13H2,1-2H3,(H,32,33)(H2,26,27,29,30,34);4-5H,1-2H3. The molecular formula is C28H34N6O7. The number of nitrogens with zero attached hydrogens (tertiary/aromatic N) is 4. The highest BCUT2D eigenvalue weighted by Crippen LogP contribution is 2.23. The molecule has 0 aliphatic carbocycles. The van der Waals surface area contributed by atoms with Gasteiger partial charge in [0, 0.05) is 5.69 Å². The van der Waals surface area contributed by atoms with Crippen molar-refractivity contribution in [3.63, 3.8) is 0 Å². The van der Waals surface area contributed by atoms with Gasteiger partial charge in [-0.15, -0.1) is 0 Å². The normalized spacial score (nSPS) is 12.5. The zero-order chi connectivity index (χ0) is 30.0. The number of ether oxygens (including phenoxy) is 2. The summed E-state index contributed by atoms with van der Waals surface area (Å²) in [6.07, 6.45) is 2.95. The molecule has 13 heteroatoms. The first-order valence-electron chi connectivity index (χ1n) is 12.8. The van der Waals surface area contributed by atoms with Crippen LogP contribution in [-0.2, 0) is 4.74 Å². The summed E-state index contributed by atoms with van der Waals surface area (Å²) in [4.78, 5) is 36.3. The maximum absolute atomic E-state index is 12.4. The highest BCUT2D eigenvalue weighted by Gasteiger charge is 2.19. The minimum Gasteiger partial charge on any atom is -0.491 e. The van der Waals surface area contributed by atoms with Crippen LogP contribution in [0.2, 0.25) is 0 Å². The van der Waals surface area contributed by atoms with E-state index in [9.17, 15) is 9.59 Å². The van der Waals surface area contributed by atoms with E-state index >= 15 is 0 Å². The van der Waals surface area contributed by atoms with E-state index in [1.807, 2.05) is 32.0 Å². The number of aliphatic hydroxyl groups is 2. The number of imidazole rings is 1. The van der Waals surface area contributed by atoms with E-state index in [0.717, 1.165) is 0 Å². The predicted molar refractivity (Wildman–Crippen MR) is 152 cm³/mol. The van der Waals surface area contributed by atoms with Gasteiger partial charge in [-0.1, -0.05) is 25.1 Å². The molecule has 0 aliphatic heterocycles. The minimum absolute atomic E-state index is 0.194. The van der Waals surface area contributed by atoms with Crippen LogP contribution in [0.5, 0.6) is 5.75 Å². The lowest BCUT2D eigenvalue weighted by molar-refractivity contribution is -0.127. The number of para-hydroxylation sites is 1. The third-order valence-electron chi connectivity index (χ3n) is 5.40. The number of carbonyl (C=O) groups is 2. The molecule has 41 heavy (non-hydrogen) atoms. The second-order valence-electron chi connectivity index (χ2n) is 9.39. The average Bonchev–Trinajstić information content (AvgIpc) is 3.36. The Morgan fingerprint density at radius 1 is 1.00 bits per heavy atom. The van der Waals surface area contributed by atoms with E-state index < -0.39 is 24.0 Å². The van der Waals surface area contributed by atoms with Crippen LogP contribution < -0.4 is 15.4 Å². The number of carbonyl (C=O) groups excluding carboxylic acids is 1. The number of fused-ring (bicyclic) bond motifs is 1. The third-order valence-corrected chi connectivity index (χ3v) is 5.40. The lowest BCUT2D eigenvalue weighted by Crippen LogP contribution is -2.25. The summed E-state index contributed by atoms with van der Waals surface area (Å²) in [7, 11) is 0. The summed E-state index contributed by atoms with van der Waals surface area (Å²) in [5.74, 6) is -1.66. The number of aromatic carboxylic acids is 1. The van der Waals surface area contributed by atoms with Crippen molar-refractivity contribution in [1.82, 2.24) is 19.5 Å². The lowest BCUT2D eigenvalue weighted by atomic mass is 10.2. The SMILES string of the molecule is CC(C)(O)O.CCC(COc1ccc(C(=O)O)cc1)OC(C)n1cnc2c(NC(=O)Nc3ccccc3)ncnc21. The van der Waals surface area contributed by atoms with Gasteiger partial charge < -0.3 is 30.1 Å². The molecule has 0 saturated carbocycles. The van der Waals surface area contributed by atoms with Gasteiger partial charge in [-0.25, -0.2) is 24.5 Å². The Bertz CT molecular complexity index is 1420. The van der Waals surface area contributed by atoms with Crippen LogP contribution in [0.4, 0.5) is 16.3 Å². The van der Waals surface area contributed by atoms with Crippen LogP contribution in [0, 0.1) is 0 Å². The predicted octanol–water partition coefficient (Wildman–Crippen LogP) is 4.27. The molecule has 0 bridgehead atoms. The van der Waals surface area contributed by atoms with Gasteiger partial charge in [-0.3, -0.25) is 9.88 Å². The fourth-order valence-electron chi connectivity index (χ4n) is 3.48. The molecule has 4 rings (SSSR count). The molecule has 218 valence electrons. The number of amides is 2. The molecule has 13 nitrogen and oxygen atoms in total. The van der Waals surface area contributed by atoms with E-state index in [1.165, 1.54) is 32.3 Å². The number of urea groups is 1. The summed E-state index contributed by atoms with van der Waals surface area (Å²) in [5, 5.41) is 30.6. The van der Waals surface area contributed by atoms with Crippen molar-refractivity contribution >= 4 is 34.7 Å². The summed E-state index contributed by atoms with van der Waals surface area (Å²) in [6.45, 7) is 6.72.